The first-order valence-electron chi connectivity index (χ1n) is 9.62. The molecule has 1 amide bonds. The van der Waals surface area contributed by atoms with Crippen molar-refractivity contribution in [2.45, 2.75) is 60.0 Å². The van der Waals surface area contributed by atoms with E-state index in [0.29, 0.717) is 11.6 Å². The first-order valence-corrected chi connectivity index (χ1v) is 9.62. The van der Waals surface area contributed by atoms with E-state index in [1.54, 1.807) is 6.92 Å². The molecule has 0 fully saturated rings. The molecule has 0 spiro atoms. The summed E-state index contributed by atoms with van der Waals surface area (Å²) in [6.45, 7) is 8.64. The molecule has 10 nitrogen and oxygen atoms in total. The van der Waals surface area contributed by atoms with Crippen LogP contribution in [0.25, 0.3) is 0 Å². The molecule has 172 valence electrons. The summed E-state index contributed by atoms with van der Waals surface area (Å²) < 4.78 is 18.6. The number of carboxylic acids is 1. The Labute approximate surface area is 179 Å². The van der Waals surface area contributed by atoms with Gasteiger partial charge in [-0.2, -0.15) is 5.10 Å². The number of aromatic nitrogens is 3. The normalized spacial score (nSPS) is 11.7. The van der Waals surface area contributed by atoms with E-state index in [0.717, 1.165) is 6.92 Å². The summed E-state index contributed by atoms with van der Waals surface area (Å²) in [6.07, 6.45) is 2.83. The van der Waals surface area contributed by atoms with Crippen LogP contribution in [-0.2, 0) is 20.9 Å². The summed E-state index contributed by atoms with van der Waals surface area (Å²) in [5.41, 5.74) is 0.298. The maximum Gasteiger partial charge on any atom is 0.300 e. The van der Waals surface area contributed by atoms with E-state index in [-0.39, 0.29) is 12.1 Å². The summed E-state index contributed by atoms with van der Waals surface area (Å²) in [4.78, 5) is 49.1. The molecule has 0 aliphatic carbocycles. The van der Waals surface area contributed by atoms with E-state index in [4.69, 9.17) is 14.3 Å². The third-order valence-corrected chi connectivity index (χ3v) is 3.75. The number of ketones is 1. The first-order chi connectivity index (χ1) is 14.6. The number of amides is 1. The predicted octanol–water partition coefficient (Wildman–Crippen LogP) is 1.85. The lowest BCUT2D eigenvalue weighted by molar-refractivity contribution is -0.134. The van der Waals surface area contributed by atoms with Crippen LogP contribution in [-0.4, -0.2) is 50.2 Å². The molecule has 2 N–H and O–H groups in total. The monoisotopic (exact) mass is 440 g/mol. The molecule has 0 saturated heterocycles. The second kappa shape index (κ2) is 13.8. The number of nitrogens with zero attached hydrogens (tertiary/aromatic N) is 3. The average molecular weight is 440 g/mol. The van der Waals surface area contributed by atoms with Crippen LogP contribution >= 0.6 is 0 Å². The van der Waals surface area contributed by atoms with Crippen LogP contribution in [0.3, 0.4) is 0 Å². The van der Waals surface area contributed by atoms with E-state index >= 15 is 0 Å². The van der Waals surface area contributed by atoms with E-state index in [9.17, 15) is 18.8 Å². The van der Waals surface area contributed by atoms with Crippen molar-refractivity contribution in [3.05, 3.63) is 46.0 Å². The number of Topliss-reactive ketones (excluding diaryl/α,β-unsaturated/α-hetero) is 1. The molecule has 0 saturated carbocycles. The van der Waals surface area contributed by atoms with Gasteiger partial charge in [-0.3, -0.25) is 19.2 Å². The molecule has 0 radical (unpaired) electrons. The van der Waals surface area contributed by atoms with Gasteiger partial charge in [-0.25, -0.2) is 14.1 Å². The van der Waals surface area contributed by atoms with Gasteiger partial charge in [-0.15, -0.1) is 0 Å². The highest BCUT2D eigenvalue weighted by Crippen LogP contribution is 2.11. The molecule has 31 heavy (non-hydrogen) atoms. The Hall–Kier alpha value is -3.37. The number of hydrogen-bond acceptors (Lipinski definition) is 7. The Bertz CT molecular complexity index is 920. The van der Waals surface area contributed by atoms with E-state index < -0.39 is 41.9 Å². The topological polar surface area (TPSA) is 144 Å². The maximum atomic E-state index is 12.5. The number of carbonyl (C=O) groups excluding carboxylic acids is 2. The van der Waals surface area contributed by atoms with Gasteiger partial charge >= 0.3 is 0 Å². The Morgan fingerprint density at radius 1 is 1.29 bits per heavy atom. The fourth-order valence-corrected chi connectivity index (χ4v) is 2.22. The molecular weight excluding hydrogens is 411 g/mol. The molecule has 0 bridgehead atoms. The third-order valence-electron chi connectivity index (χ3n) is 3.75. The number of halogens is 1. The minimum Gasteiger partial charge on any atom is -0.481 e. The number of carboxylic acid groups (broad SMARTS) is 1. The van der Waals surface area contributed by atoms with Gasteiger partial charge in [0, 0.05) is 25.6 Å². The third kappa shape index (κ3) is 9.32. The van der Waals surface area contributed by atoms with Crippen molar-refractivity contribution in [3.63, 3.8) is 0 Å². The van der Waals surface area contributed by atoms with Crippen molar-refractivity contribution in [2.24, 2.45) is 0 Å². The van der Waals surface area contributed by atoms with Crippen LogP contribution in [0.4, 0.5) is 4.39 Å². The highest BCUT2D eigenvalue weighted by Gasteiger charge is 2.23. The number of rotatable bonds is 7. The molecule has 2 aromatic heterocycles. The van der Waals surface area contributed by atoms with Gasteiger partial charge in [0.15, 0.2) is 11.7 Å². The van der Waals surface area contributed by atoms with Crippen molar-refractivity contribution in [2.75, 3.05) is 6.67 Å². The number of alkyl halides is 1. The largest absolute Gasteiger partial charge is 0.481 e. The minimum absolute atomic E-state index is 0.106. The van der Waals surface area contributed by atoms with Gasteiger partial charge in [0.2, 0.25) is 5.91 Å². The zero-order chi connectivity index (χ0) is 24.1. The Morgan fingerprint density at radius 3 is 2.35 bits per heavy atom. The number of carbonyl (C=O) groups is 3. The minimum atomic E-state index is -1.16. The van der Waals surface area contributed by atoms with Crippen LogP contribution in [0.2, 0.25) is 0 Å². The fourth-order valence-electron chi connectivity index (χ4n) is 2.22. The summed E-state index contributed by atoms with van der Waals surface area (Å²) in [7, 11) is 0. The van der Waals surface area contributed by atoms with Gasteiger partial charge in [-0.1, -0.05) is 13.8 Å². The summed E-state index contributed by atoms with van der Waals surface area (Å²) in [5, 5.41) is 13.8. The van der Waals surface area contributed by atoms with Crippen molar-refractivity contribution < 1.29 is 28.3 Å². The van der Waals surface area contributed by atoms with Crippen molar-refractivity contribution >= 4 is 17.7 Å². The number of aryl methyl sites for hydroxylation is 1. The number of aliphatic carboxylic acids is 1. The van der Waals surface area contributed by atoms with E-state index in [1.807, 2.05) is 13.8 Å². The van der Waals surface area contributed by atoms with E-state index in [1.165, 1.54) is 37.1 Å². The number of oxazole rings is 1. The van der Waals surface area contributed by atoms with Crippen LogP contribution in [0, 0.1) is 6.92 Å². The highest BCUT2D eigenvalue weighted by atomic mass is 19.1. The lowest BCUT2D eigenvalue weighted by Crippen LogP contribution is -2.42. The molecule has 2 rings (SSSR count). The smallest absolute Gasteiger partial charge is 0.300 e. The molecule has 0 aromatic carbocycles. The second-order valence-corrected chi connectivity index (χ2v) is 6.18. The molecular formula is C20H29FN4O6. The van der Waals surface area contributed by atoms with Crippen LogP contribution < -0.4 is 10.9 Å². The molecule has 11 heteroatoms. The van der Waals surface area contributed by atoms with Crippen molar-refractivity contribution in [1.82, 2.24) is 20.1 Å². The number of hydrogen-bond donors (Lipinski definition) is 2. The van der Waals surface area contributed by atoms with Gasteiger partial charge in [0.1, 0.15) is 18.6 Å². The van der Waals surface area contributed by atoms with Gasteiger partial charge in [-0.05, 0) is 19.9 Å². The van der Waals surface area contributed by atoms with Gasteiger partial charge in [0.05, 0.1) is 18.5 Å². The molecule has 0 aliphatic rings. The Morgan fingerprint density at radius 2 is 1.87 bits per heavy atom. The van der Waals surface area contributed by atoms with Gasteiger partial charge in [0.25, 0.3) is 11.5 Å². The van der Waals surface area contributed by atoms with Crippen molar-refractivity contribution in [3.8, 4) is 0 Å². The molecule has 2 aromatic rings. The fraction of sp³-hybridized carbons (Fsp3) is 0.500. The first kappa shape index (κ1) is 27.6. The lowest BCUT2D eigenvalue weighted by atomic mass is 10.0. The Kier molecular flexibility index (Phi) is 12.3. The molecule has 0 aliphatic heterocycles. The summed E-state index contributed by atoms with van der Waals surface area (Å²) in [5.74, 6) is -2.45. The number of nitrogens with one attached hydrogen (secondary N) is 1. The van der Waals surface area contributed by atoms with E-state index in [2.05, 4.69) is 15.4 Å². The zero-order valence-corrected chi connectivity index (χ0v) is 18.5. The van der Waals surface area contributed by atoms with Crippen LogP contribution in [0.1, 0.15) is 57.7 Å². The molecule has 2 atom stereocenters. The standard InChI is InChI=1S/C16H19FN4O4.C2H4O2.C2H6/c1-9(15(23)19-10(2)14(22)6-17)13-4-5-18-21(16(13)24)7-12-8-25-11(3)20-12;1-2(3)4;1-2/h4-5,8-10H,6-7H2,1-3H3,(H,19,23);1H3,(H,3,4);1-2H3. The lowest BCUT2D eigenvalue weighted by Gasteiger charge is -2.16. The van der Waals surface area contributed by atoms with Crippen LogP contribution in [0.5, 0.6) is 0 Å². The SMILES string of the molecule is CC.CC(=O)O.Cc1nc(Cn2nccc(C(C)C(=O)NC(C)C(=O)CF)c2=O)co1. The Balaban J connectivity index is 0.00000134. The second-order valence-electron chi connectivity index (χ2n) is 6.18. The quantitative estimate of drug-likeness (QED) is 0.664. The van der Waals surface area contributed by atoms with Gasteiger partial charge < -0.3 is 14.8 Å². The van der Waals surface area contributed by atoms with Crippen LogP contribution in [0.15, 0.2) is 27.7 Å². The maximum absolute atomic E-state index is 12.5. The van der Waals surface area contributed by atoms with Crippen molar-refractivity contribution in [1.29, 1.82) is 0 Å². The average Bonchev–Trinajstić information content (AvgIpc) is 3.14. The zero-order valence-electron chi connectivity index (χ0n) is 18.5. The molecule has 2 unspecified atom stereocenters. The molecule has 2 heterocycles. The predicted molar refractivity (Wildman–Crippen MR) is 110 cm³/mol. The summed E-state index contributed by atoms with van der Waals surface area (Å²) in [6, 6.07) is 0.487. The highest BCUT2D eigenvalue weighted by molar-refractivity contribution is 5.91. The summed E-state index contributed by atoms with van der Waals surface area (Å²) >= 11 is 0.